The van der Waals surface area contributed by atoms with E-state index in [0.29, 0.717) is 11.5 Å². The van der Waals surface area contributed by atoms with E-state index in [4.69, 9.17) is 11.5 Å². The van der Waals surface area contributed by atoms with Gasteiger partial charge >= 0.3 is 0 Å². The highest BCUT2D eigenvalue weighted by atomic mass is 16.1. The molecule has 0 aliphatic carbocycles. The Bertz CT molecular complexity index is 852. The molecule has 5 N–H and O–H groups in total. The summed E-state index contributed by atoms with van der Waals surface area (Å²) in [6.45, 7) is 0. The lowest BCUT2D eigenvalue weighted by atomic mass is 10.2. The summed E-state index contributed by atoms with van der Waals surface area (Å²) < 4.78 is 0. The summed E-state index contributed by atoms with van der Waals surface area (Å²) in [6, 6.07) is 9.01. The van der Waals surface area contributed by atoms with E-state index in [1.54, 1.807) is 30.6 Å². The minimum atomic E-state index is -0.755. The van der Waals surface area contributed by atoms with Crippen LogP contribution in [0.5, 0.6) is 0 Å². The molecule has 0 bridgehead atoms. The molecular formula is C14H12N8O. The molecule has 1 amide bonds. The van der Waals surface area contributed by atoms with Crippen molar-refractivity contribution in [3.05, 3.63) is 48.4 Å². The zero-order valence-electron chi connectivity index (χ0n) is 11.8. The van der Waals surface area contributed by atoms with Crippen molar-refractivity contribution in [1.29, 1.82) is 0 Å². The van der Waals surface area contributed by atoms with Gasteiger partial charge in [0.15, 0.2) is 17.3 Å². The Morgan fingerprint density at radius 1 is 1.09 bits per heavy atom. The number of nitrogens with two attached hydrogens (primary N) is 2. The largest absolute Gasteiger partial charge is 0.366 e. The Hall–Kier alpha value is -3.62. The topological polar surface area (TPSA) is 146 Å². The number of hydrogen-bond acceptors (Lipinski definition) is 8. The minimum absolute atomic E-state index is 0.0694. The summed E-state index contributed by atoms with van der Waals surface area (Å²) in [6.07, 6.45) is 3.31. The van der Waals surface area contributed by atoms with Crippen LogP contribution in [0.2, 0.25) is 0 Å². The molecule has 0 fully saturated rings. The molecular weight excluding hydrogens is 296 g/mol. The lowest BCUT2D eigenvalue weighted by Gasteiger charge is -2.09. The van der Waals surface area contributed by atoms with Crippen LogP contribution in [0.3, 0.4) is 0 Å². The van der Waals surface area contributed by atoms with Crippen molar-refractivity contribution in [2.75, 3.05) is 11.1 Å². The molecule has 0 aliphatic heterocycles. The summed E-state index contributed by atoms with van der Waals surface area (Å²) in [5.41, 5.74) is 12.1. The van der Waals surface area contributed by atoms with Gasteiger partial charge in [0, 0.05) is 23.6 Å². The van der Waals surface area contributed by atoms with Crippen molar-refractivity contribution in [2.45, 2.75) is 0 Å². The first-order valence-corrected chi connectivity index (χ1v) is 6.58. The molecule has 9 nitrogen and oxygen atoms in total. The zero-order chi connectivity index (χ0) is 16.2. The molecule has 2 heterocycles. The maximum absolute atomic E-state index is 11.4. The van der Waals surface area contributed by atoms with E-state index in [2.05, 4.69) is 30.5 Å². The van der Waals surface area contributed by atoms with Gasteiger partial charge in [0.05, 0.1) is 0 Å². The predicted molar refractivity (Wildman–Crippen MR) is 83.5 cm³/mol. The van der Waals surface area contributed by atoms with Gasteiger partial charge in [-0.15, -0.1) is 10.2 Å². The number of nitrogen functional groups attached to an aromatic ring is 1. The van der Waals surface area contributed by atoms with Gasteiger partial charge in [-0.05, 0) is 18.2 Å². The second kappa shape index (κ2) is 6.02. The molecule has 0 aliphatic rings. The maximum atomic E-state index is 11.4. The zero-order valence-corrected chi connectivity index (χ0v) is 11.8. The minimum Gasteiger partial charge on any atom is -0.366 e. The molecule has 3 aromatic rings. The molecule has 23 heavy (non-hydrogen) atoms. The highest BCUT2D eigenvalue weighted by Crippen LogP contribution is 2.22. The van der Waals surface area contributed by atoms with E-state index in [9.17, 15) is 4.79 Å². The second-order valence-electron chi connectivity index (χ2n) is 4.51. The third-order valence-electron chi connectivity index (χ3n) is 2.89. The Balaban J connectivity index is 1.96. The standard InChI is InChI=1S/C14H12N8O/c15-11(23)10-13(20-14(16)22-21-10)19-9-4-1-3-8(7-9)12-17-5-2-6-18-12/h1-7H,(H2,15,23)(H3,16,19,20,22). The highest BCUT2D eigenvalue weighted by molar-refractivity contribution is 5.96. The maximum Gasteiger partial charge on any atom is 0.273 e. The quantitative estimate of drug-likeness (QED) is 0.640. The van der Waals surface area contributed by atoms with Crippen molar-refractivity contribution >= 4 is 23.4 Å². The summed E-state index contributed by atoms with van der Waals surface area (Å²) in [4.78, 5) is 23.7. The third-order valence-corrected chi connectivity index (χ3v) is 2.89. The van der Waals surface area contributed by atoms with Crippen LogP contribution in [0.15, 0.2) is 42.7 Å². The molecule has 0 spiro atoms. The molecule has 0 saturated carbocycles. The number of nitrogens with zero attached hydrogens (tertiary/aromatic N) is 5. The summed E-state index contributed by atoms with van der Waals surface area (Å²) in [7, 11) is 0. The van der Waals surface area contributed by atoms with E-state index in [0.717, 1.165) is 5.56 Å². The third kappa shape index (κ3) is 3.18. The van der Waals surface area contributed by atoms with Crippen LogP contribution in [0, 0.1) is 0 Å². The van der Waals surface area contributed by atoms with Gasteiger partial charge in [-0.1, -0.05) is 12.1 Å². The van der Waals surface area contributed by atoms with Crippen LogP contribution in [0.1, 0.15) is 10.5 Å². The number of nitrogens with one attached hydrogen (secondary N) is 1. The van der Waals surface area contributed by atoms with Crippen molar-refractivity contribution in [2.24, 2.45) is 5.73 Å². The van der Waals surface area contributed by atoms with Crippen molar-refractivity contribution in [3.63, 3.8) is 0 Å². The van der Waals surface area contributed by atoms with E-state index in [1.807, 2.05) is 12.1 Å². The van der Waals surface area contributed by atoms with Crippen LogP contribution in [0.4, 0.5) is 17.5 Å². The normalized spacial score (nSPS) is 10.3. The Kier molecular flexibility index (Phi) is 3.75. The number of carbonyl (C=O) groups is 1. The Morgan fingerprint density at radius 2 is 1.87 bits per heavy atom. The highest BCUT2D eigenvalue weighted by Gasteiger charge is 2.14. The molecule has 2 aromatic heterocycles. The van der Waals surface area contributed by atoms with Gasteiger partial charge in [-0.2, -0.15) is 4.98 Å². The summed E-state index contributed by atoms with van der Waals surface area (Å²) in [5, 5.41) is 10.1. The van der Waals surface area contributed by atoms with Crippen LogP contribution < -0.4 is 16.8 Å². The van der Waals surface area contributed by atoms with Gasteiger partial charge in [-0.25, -0.2) is 9.97 Å². The second-order valence-corrected chi connectivity index (χ2v) is 4.51. The number of rotatable bonds is 4. The van der Waals surface area contributed by atoms with Crippen LogP contribution in [-0.4, -0.2) is 31.1 Å². The van der Waals surface area contributed by atoms with Crippen LogP contribution in [0.25, 0.3) is 11.4 Å². The molecule has 114 valence electrons. The fourth-order valence-corrected chi connectivity index (χ4v) is 1.91. The summed E-state index contributed by atoms with van der Waals surface area (Å²) in [5.74, 6) is -0.113. The number of primary amides is 1. The van der Waals surface area contributed by atoms with E-state index < -0.39 is 5.91 Å². The number of aromatic nitrogens is 5. The SMILES string of the molecule is NC(=O)c1nnc(N)nc1Nc1cccc(-c2ncccn2)c1. The molecule has 1 aromatic carbocycles. The average molecular weight is 308 g/mol. The molecule has 0 radical (unpaired) electrons. The van der Waals surface area contributed by atoms with E-state index in [-0.39, 0.29) is 17.5 Å². The van der Waals surface area contributed by atoms with Gasteiger partial charge < -0.3 is 16.8 Å². The van der Waals surface area contributed by atoms with Crippen molar-refractivity contribution in [3.8, 4) is 11.4 Å². The van der Waals surface area contributed by atoms with Gasteiger partial charge in [0.25, 0.3) is 5.91 Å². The number of benzene rings is 1. The van der Waals surface area contributed by atoms with Crippen molar-refractivity contribution < 1.29 is 4.79 Å². The molecule has 0 unspecified atom stereocenters. The monoisotopic (exact) mass is 308 g/mol. The lowest BCUT2D eigenvalue weighted by Crippen LogP contribution is -2.18. The molecule has 9 heteroatoms. The number of carbonyl (C=O) groups excluding carboxylic acids is 1. The van der Waals surface area contributed by atoms with Gasteiger partial charge in [0.1, 0.15) is 0 Å². The molecule has 0 atom stereocenters. The summed E-state index contributed by atoms with van der Waals surface area (Å²) >= 11 is 0. The fourth-order valence-electron chi connectivity index (χ4n) is 1.91. The predicted octanol–water partition coefficient (Wildman–Crippen LogP) is 0.753. The van der Waals surface area contributed by atoms with Gasteiger partial charge in [-0.3, -0.25) is 4.79 Å². The Labute approximate surface area is 130 Å². The average Bonchev–Trinajstić information content (AvgIpc) is 2.56. The van der Waals surface area contributed by atoms with Gasteiger partial charge in [0.2, 0.25) is 5.95 Å². The smallest absolute Gasteiger partial charge is 0.273 e. The van der Waals surface area contributed by atoms with E-state index >= 15 is 0 Å². The van der Waals surface area contributed by atoms with E-state index in [1.165, 1.54) is 0 Å². The first-order valence-electron chi connectivity index (χ1n) is 6.58. The molecule has 3 rings (SSSR count). The number of hydrogen-bond donors (Lipinski definition) is 3. The van der Waals surface area contributed by atoms with Crippen molar-refractivity contribution in [1.82, 2.24) is 25.1 Å². The molecule has 0 saturated heterocycles. The van der Waals surface area contributed by atoms with Crippen LogP contribution >= 0.6 is 0 Å². The number of amides is 1. The lowest BCUT2D eigenvalue weighted by molar-refractivity contribution is 0.0995. The first-order chi connectivity index (χ1) is 11.1. The Morgan fingerprint density at radius 3 is 2.61 bits per heavy atom. The van der Waals surface area contributed by atoms with Crippen LogP contribution in [-0.2, 0) is 0 Å². The number of anilines is 3. The fraction of sp³-hybridized carbons (Fsp3) is 0. The first kappa shape index (κ1) is 14.3.